The maximum Gasteiger partial charge on any atom is 0.288 e. The van der Waals surface area contributed by atoms with Crippen LogP contribution in [0.4, 0.5) is 5.69 Å². The van der Waals surface area contributed by atoms with Crippen molar-refractivity contribution < 1.29 is 9.72 Å². The second-order valence-electron chi connectivity index (χ2n) is 3.69. The molecule has 0 saturated carbocycles. The van der Waals surface area contributed by atoms with Gasteiger partial charge in [-0.25, -0.2) is 0 Å². The highest BCUT2D eigenvalue weighted by molar-refractivity contribution is 6.32. The Balaban J connectivity index is 2.11. The molecule has 2 N–H and O–H groups in total. The Morgan fingerprint density at radius 2 is 2.26 bits per heavy atom. The summed E-state index contributed by atoms with van der Waals surface area (Å²) in [7, 11) is 0. The molecule has 1 heterocycles. The summed E-state index contributed by atoms with van der Waals surface area (Å²) in [6.07, 6.45) is 1.56. The van der Waals surface area contributed by atoms with Crippen molar-refractivity contribution in [2.45, 2.75) is 6.54 Å². The van der Waals surface area contributed by atoms with Crippen LogP contribution >= 0.6 is 11.6 Å². The zero-order valence-corrected chi connectivity index (χ0v) is 10.3. The van der Waals surface area contributed by atoms with E-state index >= 15 is 0 Å². The highest BCUT2D eigenvalue weighted by atomic mass is 35.5. The number of carbonyl (C=O) groups excluding carboxylic acids is 1. The van der Waals surface area contributed by atoms with E-state index in [1.165, 1.54) is 12.1 Å². The van der Waals surface area contributed by atoms with Gasteiger partial charge in [0, 0.05) is 17.8 Å². The minimum Gasteiger partial charge on any atom is -0.346 e. The van der Waals surface area contributed by atoms with E-state index in [1.54, 1.807) is 12.3 Å². The summed E-state index contributed by atoms with van der Waals surface area (Å²) in [5.74, 6) is -0.422. The Kier molecular flexibility index (Phi) is 3.76. The third-order valence-corrected chi connectivity index (χ3v) is 2.72. The number of nitro benzene ring substituents is 1. The average Bonchev–Trinajstić information content (AvgIpc) is 2.89. The van der Waals surface area contributed by atoms with Crippen LogP contribution < -0.4 is 5.32 Å². The van der Waals surface area contributed by atoms with E-state index in [2.05, 4.69) is 15.5 Å². The summed E-state index contributed by atoms with van der Waals surface area (Å²) >= 11 is 5.67. The molecule has 0 radical (unpaired) electrons. The van der Waals surface area contributed by atoms with Gasteiger partial charge in [0.2, 0.25) is 0 Å². The van der Waals surface area contributed by atoms with Crippen molar-refractivity contribution in [3.63, 3.8) is 0 Å². The number of amides is 1. The second-order valence-corrected chi connectivity index (χ2v) is 4.10. The van der Waals surface area contributed by atoms with E-state index in [4.69, 9.17) is 11.6 Å². The molecule has 0 saturated heterocycles. The quantitative estimate of drug-likeness (QED) is 0.659. The van der Waals surface area contributed by atoms with Gasteiger partial charge in [-0.05, 0) is 18.2 Å². The van der Waals surface area contributed by atoms with Crippen LogP contribution in [0.15, 0.2) is 30.5 Å². The Bertz CT molecular complexity index is 612. The predicted molar refractivity (Wildman–Crippen MR) is 67.9 cm³/mol. The molecule has 0 atom stereocenters. The Labute approximate surface area is 112 Å². The van der Waals surface area contributed by atoms with Gasteiger partial charge in [-0.3, -0.25) is 20.0 Å². The summed E-state index contributed by atoms with van der Waals surface area (Å²) in [6, 6.07) is 5.61. The number of halogens is 1. The Morgan fingerprint density at radius 3 is 2.89 bits per heavy atom. The van der Waals surface area contributed by atoms with E-state index < -0.39 is 10.8 Å². The van der Waals surface area contributed by atoms with Crippen LogP contribution in [0, 0.1) is 10.1 Å². The van der Waals surface area contributed by atoms with Crippen LogP contribution in [-0.4, -0.2) is 21.0 Å². The maximum absolute atomic E-state index is 11.8. The van der Waals surface area contributed by atoms with Gasteiger partial charge in [0.25, 0.3) is 11.6 Å². The summed E-state index contributed by atoms with van der Waals surface area (Å²) in [5.41, 5.74) is 0.614. The molecule has 0 aliphatic heterocycles. The van der Waals surface area contributed by atoms with E-state index in [0.717, 1.165) is 11.8 Å². The van der Waals surface area contributed by atoms with Crippen molar-refractivity contribution >= 4 is 23.2 Å². The smallest absolute Gasteiger partial charge is 0.288 e. The minimum absolute atomic E-state index is 0.00452. The largest absolute Gasteiger partial charge is 0.346 e. The van der Waals surface area contributed by atoms with Gasteiger partial charge >= 0.3 is 0 Å². The summed E-state index contributed by atoms with van der Waals surface area (Å²) in [4.78, 5) is 21.9. The van der Waals surface area contributed by atoms with Gasteiger partial charge in [0.1, 0.15) is 5.02 Å². The summed E-state index contributed by atoms with van der Waals surface area (Å²) in [5, 5.41) is 19.8. The molecule has 7 nitrogen and oxygen atoms in total. The van der Waals surface area contributed by atoms with Gasteiger partial charge in [-0.15, -0.1) is 0 Å². The van der Waals surface area contributed by atoms with Crippen LogP contribution in [0.5, 0.6) is 0 Å². The highest BCUT2D eigenvalue weighted by Gasteiger charge is 2.16. The number of hydrogen-bond acceptors (Lipinski definition) is 4. The molecular formula is C11H9ClN4O3. The lowest BCUT2D eigenvalue weighted by molar-refractivity contribution is -0.384. The van der Waals surface area contributed by atoms with Gasteiger partial charge < -0.3 is 5.32 Å². The van der Waals surface area contributed by atoms with Crippen molar-refractivity contribution in [3.05, 3.63) is 56.9 Å². The lowest BCUT2D eigenvalue weighted by Gasteiger charge is -2.04. The molecule has 0 bridgehead atoms. The number of carbonyl (C=O) groups is 1. The molecule has 98 valence electrons. The third kappa shape index (κ3) is 3.08. The molecule has 19 heavy (non-hydrogen) atoms. The molecule has 1 aromatic carbocycles. The monoisotopic (exact) mass is 280 g/mol. The Morgan fingerprint density at radius 1 is 1.47 bits per heavy atom. The number of rotatable bonds is 4. The molecule has 0 aliphatic rings. The SMILES string of the molecule is O=C(NCc1ccn[nH]1)c1ccc(Cl)c([N+](=O)[O-])c1. The molecule has 0 spiro atoms. The highest BCUT2D eigenvalue weighted by Crippen LogP contribution is 2.24. The first-order valence-electron chi connectivity index (χ1n) is 5.28. The first kappa shape index (κ1) is 13.0. The number of nitro groups is 1. The van der Waals surface area contributed by atoms with Crippen molar-refractivity contribution in [2.75, 3.05) is 0 Å². The number of nitrogens with one attached hydrogen (secondary N) is 2. The second kappa shape index (κ2) is 5.49. The first-order chi connectivity index (χ1) is 9.08. The third-order valence-electron chi connectivity index (χ3n) is 2.40. The van der Waals surface area contributed by atoms with E-state index in [0.29, 0.717) is 0 Å². The first-order valence-corrected chi connectivity index (χ1v) is 5.66. The van der Waals surface area contributed by atoms with E-state index in [1.807, 2.05) is 0 Å². The van der Waals surface area contributed by atoms with Crippen LogP contribution in [0.3, 0.4) is 0 Å². The Hall–Kier alpha value is -2.41. The predicted octanol–water partition coefficient (Wildman–Crippen LogP) is 1.90. The fourth-order valence-electron chi connectivity index (χ4n) is 1.45. The number of hydrogen-bond donors (Lipinski definition) is 2. The van der Waals surface area contributed by atoms with Crippen molar-refractivity contribution in [1.82, 2.24) is 15.5 Å². The fraction of sp³-hybridized carbons (Fsp3) is 0.0909. The molecule has 0 aliphatic carbocycles. The van der Waals surface area contributed by atoms with Crippen LogP contribution in [-0.2, 0) is 6.54 Å². The average molecular weight is 281 g/mol. The standard InChI is InChI=1S/C11H9ClN4O3/c12-9-2-1-7(5-10(9)16(18)19)11(17)13-6-8-3-4-14-15-8/h1-5H,6H2,(H,13,17)(H,14,15). The van der Waals surface area contributed by atoms with Crippen molar-refractivity contribution in [2.24, 2.45) is 0 Å². The van der Waals surface area contributed by atoms with Crippen LogP contribution in [0.1, 0.15) is 16.1 Å². The lowest BCUT2D eigenvalue weighted by Crippen LogP contribution is -2.23. The number of aromatic nitrogens is 2. The molecule has 2 rings (SSSR count). The molecule has 2 aromatic rings. The molecule has 1 amide bonds. The van der Waals surface area contributed by atoms with Crippen molar-refractivity contribution in [3.8, 4) is 0 Å². The zero-order valence-electron chi connectivity index (χ0n) is 9.59. The van der Waals surface area contributed by atoms with Crippen LogP contribution in [0.2, 0.25) is 5.02 Å². The van der Waals surface area contributed by atoms with Gasteiger partial charge in [-0.2, -0.15) is 5.10 Å². The number of H-pyrrole nitrogens is 1. The summed E-state index contributed by atoms with van der Waals surface area (Å²) < 4.78 is 0. The van der Waals surface area contributed by atoms with E-state index in [-0.39, 0.29) is 22.8 Å². The normalized spacial score (nSPS) is 10.2. The zero-order chi connectivity index (χ0) is 13.8. The number of nitrogens with zero attached hydrogens (tertiary/aromatic N) is 2. The molecule has 0 fully saturated rings. The van der Waals surface area contributed by atoms with Gasteiger partial charge in [0.05, 0.1) is 17.2 Å². The van der Waals surface area contributed by atoms with Crippen LogP contribution in [0.25, 0.3) is 0 Å². The fourth-order valence-corrected chi connectivity index (χ4v) is 1.64. The molecule has 8 heteroatoms. The molecule has 1 aromatic heterocycles. The van der Waals surface area contributed by atoms with Gasteiger partial charge in [-0.1, -0.05) is 11.6 Å². The summed E-state index contributed by atoms with van der Waals surface area (Å²) in [6.45, 7) is 0.259. The minimum atomic E-state index is -0.631. The van der Waals surface area contributed by atoms with E-state index in [9.17, 15) is 14.9 Å². The number of benzene rings is 1. The van der Waals surface area contributed by atoms with Gasteiger partial charge in [0.15, 0.2) is 0 Å². The maximum atomic E-state index is 11.8. The number of aromatic amines is 1. The van der Waals surface area contributed by atoms with Crippen molar-refractivity contribution in [1.29, 1.82) is 0 Å². The lowest BCUT2D eigenvalue weighted by atomic mass is 10.2. The molecular weight excluding hydrogens is 272 g/mol. The topological polar surface area (TPSA) is 101 Å². The molecule has 0 unspecified atom stereocenters.